The van der Waals surface area contributed by atoms with E-state index in [1.165, 1.54) is 0 Å². The molecular weight excluding hydrogens is 343 g/mol. The number of rotatable bonds is 6. The molecule has 0 saturated carbocycles. The third-order valence-corrected chi connectivity index (χ3v) is 3.04. The van der Waals surface area contributed by atoms with Gasteiger partial charge in [0.25, 0.3) is 0 Å². The van der Waals surface area contributed by atoms with E-state index in [1.807, 2.05) is 39.8 Å². The van der Waals surface area contributed by atoms with Crippen molar-refractivity contribution in [3.63, 3.8) is 0 Å². The van der Waals surface area contributed by atoms with E-state index in [0.29, 0.717) is 5.75 Å². The maximum atomic E-state index is 5.86. The minimum atomic E-state index is 0.0814. The van der Waals surface area contributed by atoms with Gasteiger partial charge in [-0.25, -0.2) is 0 Å². The Morgan fingerprint density at radius 1 is 1.00 bits per heavy atom. The van der Waals surface area contributed by atoms with Crippen LogP contribution in [0.3, 0.4) is 0 Å². The Balaban J connectivity index is 3.24. The smallest absolute Gasteiger partial charge is 0.204 e. The van der Waals surface area contributed by atoms with E-state index in [4.69, 9.17) is 14.2 Å². The molecule has 0 fully saturated rings. The van der Waals surface area contributed by atoms with Gasteiger partial charge in [0, 0.05) is 9.99 Å². The number of hydrogen-bond acceptors (Lipinski definition) is 3. The SMILES string of the molecule is COc1c(CI)ccc(OC(C)C)c1OC(C)C. The highest BCUT2D eigenvalue weighted by molar-refractivity contribution is 14.1. The molecule has 0 spiro atoms. The van der Waals surface area contributed by atoms with Crippen LogP contribution in [0.5, 0.6) is 17.2 Å². The molecule has 0 aromatic heterocycles. The fraction of sp³-hybridized carbons (Fsp3) is 0.571. The molecule has 0 amide bonds. The van der Waals surface area contributed by atoms with E-state index in [2.05, 4.69) is 22.6 Å². The van der Waals surface area contributed by atoms with Gasteiger partial charge in [0.2, 0.25) is 5.75 Å². The second-order valence-corrected chi connectivity index (χ2v) is 5.31. The van der Waals surface area contributed by atoms with Gasteiger partial charge >= 0.3 is 0 Å². The van der Waals surface area contributed by atoms with E-state index >= 15 is 0 Å². The number of methoxy groups -OCH3 is 1. The summed E-state index contributed by atoms with van der Waals surface area (Å²) in [7, 11) is 1.66. The summed E-state index contributed by atoms with van der Waals surface area (Å²) in [6.07, 6.45) is 0.188. The van der Waals surface area contributed by atoms with Crippen molar-refractivity contribution < 1.29 is 14.2 Å². The zero-order valence-corrected chi connectivity index (χ0v) is 13.8. The van der Waals surface area contributed by atoms with Gasteiger partial charge in [-0.1, -0.05) is 28.7 Å². The molecule has 1 aromatic carbocycles. The predicted molar refractivity (Wildman–Crippen MR) is 82.2 cm³/mol. The fourth-order valence-corrected chi connectivity index (χ4v) is 2.21. The Morgan fingerprint density at radius 3 is 2.06 bits per heavy atom. The third kappa shape index (κ3) is 3.93. The number of alkyl halides is 1. The lowest BCUT2D eigenvalue weighted by Gasteiger charge is -2.20. The first-order valence-corrected chi connectivity index (χ1v) is 7.61. The van der Waals surface area contributed by atoms with E-state index in [9.17, 15) is 0 Å². The van der Waals surface area contributed by atoms with Crippen molar-refractivity contribution in [2.45, 2.75) is 44.3 Å². The number of halogens is 1. The van der Waals surface area contributed by atoms with E-state index in [0.717, 1.165) is 21.5 Å². The van der Waals surface area contributed by atoms with Gasteiger partial charge in [0.05, 0.1) is 19.3 Å². The average Bonchev–Trinajstić information content (AvgIpc) is 2.29. The highest BCUT2D eigenvalue weighted by Gasteiger charge is 2.18. The second kappa shape index (κ2) is 7.07. The zero-order chi connectivity index (χ0) is 13.7. The molecule has 0 bridgehead atoms. The molecule has 0 saturated heterocycles. The van der Waals surface area contributed by atoms with Gasteiger partial charge in [-0.3, -0.25) is 0 Å². The highest BCUT2D eigenvalue weighted by Crippen LogP contribution is 2.42. The van der Waals surface area contributed by atoms with E-state index in [1.54, 1.807) is 7.11 Å². The zero-order valence-electron chi connectivity index (χ0n) is 11.6. The normalized spacial score (nSPS) is 10.9. The van der Waals surface area contributed by atoms with Crippen LogP contribution in [0.2, 0.25) is 0 Å². The molecule has 0 aliphatic carbocycles. The molecule has 0 atom stereocenters. The average molecular weight is 364 g/mol. The molecule has 0 aliphatic heterocycles. The van der Waals surface area contributed by atoms with Crippen LogP contribution in [0.25, 0.3) is 0 Å². The van der Waals surface area contributed by atoms with Crippen molar-refractivity contribution >= 4 is 22.6 Å². The first-order chi connectivity index (χ1) is 8.49. The molecule has 3 nitrogen and oxygen atoms in total. The maximum Gasteiger partial charge on any atom is 0.204 e. The molecule has 0 heterocycles. The lowest BCUT2D eigenvalue weighted by Crippen LogP contribution is -2.12. The lowest BCUT2D eigenvalue weighted by atomic mass is 10.2. The Kier molecular flexibility index (Phi) is 6.05. The van der Waals surface area contributed by atoms with Crippen molar-refractivity contribution in [1.82, 2.24) is 0 Å². The summed E-state index contributed by atoms with van der Waals surface area (Å²) in [5.74, 6) is 2.22. The molecule has 102 valence electrons. The summed E-state index contributed by atoms with van der Waals surface area (Å²) in [4.78, 5) is 0. The van der Waals surface area contributed by atoms with Crippen LogP contribution < -0.4 is 14.2 Å². The van der Waals surface area contributed by atoms with Gasteiger partial charge in [0.1, 0.15) is 0 Å². The minimum absolute atomic E-state index is 0.0814. The van der Waals surface area contributed by atoms with E-state index in [-0.39, 0.29) is 12.2 Å². The Labute approximate surface area is 123 Å². The quantitative estimate of drug-likeness (QED) is 0.559. The van der Waals surface area contributed by atoms with Crippen molar-refractivity contribution in [1.29, 1.82) is 0 Å². The van der Waals surface area contributed by atoms with Crippen LogP contribution in [0.1, 0.15) is 33.3 Å². The highest BCUT2D eigenvalue weighted by atomic mass is 127. The molecule has 0 unspecified atom stereocenters. The monoisotopic (exact) mass is 364 g/mol. The standard InChI is InChI=1S/C14H21IO3/c1-9(2)17-12-7-6-11(8-15)13(16-5)14(12)18-10(3)4/h6-7,9-10H,8H2,1-5H3. The maximum absolute atomic E-state index is 5.86. The van der Waals surface area contributed by atoms with Gasteiger partial charge in [-0.05, 0) is 33.8 Å². The largest absolute Gasteiger partial charge is 0.492 e. The van der Waals surface area contributed by atoms with Crippen LogP contribution in [0, 0.1) is 0 Å². The molecule has 0 aliphatic rings. The lowest BCUT2D eigenvalue weighted by molar-refractivity contribution is 0.191. The number of benzene rings is 1. The van der Waals surface area contributed by atoms with Gasteiger partial charge in [0.15, 0.2) is 11.5 Å². The summed E-state index contributed by atoms with van der Waals surface area (Å²) in [5, 5.41) is 0. The molecule has 0 N–H and O–H groups in total. The van der Waals surface area contributed by atoms with Gasteiger partial charge in [-0.2, -0.15) is 0 Å². The van der Waals surface area contributed by atoms with E-state index < -0.39 is 0 Å². The van der Waals surface area contributed by atoms with Gasteiger partial charge < -0.3 is 14.2 Å². The van der Waals surface area contributed by atoms with Crippen molar-refractivity contribution in [2.24, 2.45) is 0 Å². The second-order valence-electron chi connectivity index (χ2n) is 4.55. The molecule has 18 heavy (non-hydrogen) atoms. The summed E-state index contributed by atoms with van der Waals surface area (Å²) in [6, 6.07) is 3.98. The third-order valence-electron chi connectivity index (χ3n) is 2.22. The Hall–Kier alpha value is -0.650. The molecule has 1 aromatic rings. The number of ether oxygens (including phenoxy) is 3. The first-order valence-electron chi connectivity index (χ1n) is 6.08. The Morgan fingerprint density at radius 2 is 1.61 bits per heavy atom. The van der Waals surface area contributed by atoms with Crippen LogP contribution in [-0.2, 0) is 4.43 Å². The van der Waals surface area contributed by atoms with Crippen molar-refractivity contribution in [2.75, 3.05) is 7.11 Å². The fourth-order valence-electron chi connectivity index (χ4n) is 1.61. The summed E-state index contributed by atoms with van der Waals surface area (Å²) in [5.41, 5.74) is 1.12. The summed E-state index contributed by atoms with van der Waals surface area (Å²) in [6.45, 7) is 7.99. The summed E-state index contributed by atoms with van der Waals surface area (Å²) >= 11 is 2.31. The van der Waals surface area contributed by atoms with Crippen LogP contribution >= 0.6 is 22.6 Å². The van der Waals surface area contributed by atoms with Crippen molar-refractivity contribution in [3.8, 4) is 17.2 Å². The molecule has 1 rings (SSSR count). The Bertz CT molecular complexity index is 389. The molecule has 4 heteroatoms. The summed E-state index contributed by atoms with van der Waals surface area (Å²) < 4.78 is 18.0. The van der Waals surface area contributed by atoms with Crippen LogP contribution in [0.4, 0.5) is 0 Å². The van der Waals surface area contributed by atoms with Gasteiger partial charge in [-0.15, -0.1) is 0 Å². The topological polar surface area (TPSA) is 27.7 Å². The first kappa shape index (κ1) is 15.4. The van der Waals surface area contributed by atoms with Crippen LogP contribution in [-0.4, -0.2) is 19.3 Å². The molecular formula is C14H21IO3. The predicted octanol–water partition coefficient (Wildman–Crippen LogP) is 4.20. The number of hydrogen-bond donors (Lipinski definition) is 0. The van der Waals surface area contributed by atoms with Crippen molar-refractivity contribution in [3.05, 3.63) is 17.7 Å². The molecule has 0 radical (unpaired) electrons. The minimum Gasteiger partial charge on any atom is -0.492 e. The van der Waals surface area contributed by atoms with Crippen LogP contribution in [0.15, 0.2) is 12.1 Å².